The van der Waals surface area contributed by atoms with E-state index in [1.54, 1.807) is 0 Å². The largest absolute Gasteiger partial charge is 0.462 e. The molecule has 0 spiro atoms. The summed E-state index contributed by atoms with van der Waals surface area (Å²) in [6.45, 7) is 12.3. The zero-order valence-electron chi connectivity index (χ0n) is 20.4. The van der Waals surface area contributed by atoms with Crippen molar-refractivity contribution in [2.24, 2.45) is 5.41 Å². The van der Waals surface area contributed by atoms with Crippen molar-refractivity contribution in [3.8, 4) is 0 Å². The SMILES string of the molecule is CC(C)=O.CCCCC1(CCC)C[C@H](CCN2CCN(c3ccc(F)cc3)CC2)OC1=O. The summed E-state index contributed by atoms with van der Waals surface area (Å²) < 4.78 is 18.9. The number of Topliss-reactive ketones (excluding diaryl/α,β-unsaturated/α-hetero) is 1. The van der Waals surface area contributed by atoms with Crippen LogP contribution in [0.25, 0.3) is 0 Å². The second-order valence-corrected chi connectivity index (χ2v) is 9.37. The number of unbranched alkanes of at least 4 members (excludes halogenated alkanes) is 1. The van der Waals surface area contributed by atoms with Crippen LogP contribution in [-0.2, 0) is 14.3 Å². The average Bonchev–Trinajstić information content (AvgIpc) is 3.07. The lowest BCUT2D eigenvalue weighted by Gasteiger charge is -2.36. The number of ketones is 1. The summed E-state index contributed by atoms with van der Waals surface area (Å²) >= 11 is 0. The molecule has 2 atom stereocenters. The van der Waals surface area contributed by atoms with E-state index in [1.807, 2.05) is 12.1 Å². The van der Waals surface area contributed by atoms with Gasteiger partial charge in [-0.25, -0.2) is 4.39 Å². The number of nitrogens with zero attached hydrogens (tertiary/aromatic N) is 2. The molecule has 0 amide bonds. The number of hydrogen-bond donors (Lipinski definition) is 0. The van der Waals surface area contributed by atoms with Gasteiger partial charge in [0.2, 0.25) is 0 Å². The standard InChI is InChI=1S/C23H35FN2O2.C3H6O/c1-3-5-12-23(11-4-2)18-21(28-22(23)27)10-13-25-14-16-26(17-15-25)20-8-6-19(24)7-9-20;1-3(2)4/h6-9,21H,3-5,10-18H2,1-2H3;1-2H3/t21-,23?;/m0./s1. The summed E-state index contributed by atoms with van der Waals surface area (Å²) in [5, 5.41) is 0. The zero-order chi connectivity index (χ0) is 23.6. The molecule has 0 bridgehead atoms. The Morgan fingerprint density at radius 3 is 2.25 bits per heavy atom. The maximum Gasteiger partial charge on any atom is 0.312 e. The monoisotopic (exact) mass is 448 g/mol. The van der Waals surface area contributed by atoms with Crippen molar-refractivity contribution in [2.45, 2.75) is 78.7 Å². The predicted molar refractivity (Wildman–Crippen MR) is 127 cm³/mol. The van der Waals surface area contributed by atoms with Crippen LogP contribution >= 0.6 is 0 Å². The summed E-state index contributed by atoms with van der Waals surface area (Å²) in [6, 6.07) is 6.76. The molecule has 2 fully saturated rings. The molecule has 180 valence electrons. The van der Waals surface area contributed by atoms with Gasteiger partial charge in [-0.3, -0.25) is 9.69 Å². The van der Waals surface area contributed by atoms with Crippen LogP contribution in [0.15, 0.2) is 24.3 Å². The van der Waals surface area contributed by atoms with E-state index in [4.69, 9.17) is 4.74 Å². The Labute approximate surface area is 193 Å². The van der Waals surface area contributed by atoms with E-state index < -0.39 is 0 Å². The number of halogens is 1. The average molecular weight is 449 g/mol. The second-order valence-electron chi connectivity index (χ2n) is 9.37. The highest BCUT2D eigenvalue weighted by atomic mass is 19.1. The zero-order valence-corrected chi connectivity index (χ0v) is 20.4. The number of rotatable bonds is 9. The third-order valence-electron chi connectivity index (χ3n) is 6.39. The Bertz CT molecular complexity index is 712. The van der Waals surface area contributed by atoms with E-state index >= 15 is 0 Å². The number of anilines is 1. The molecule has 1 aromatic rings. The van der Waals surface area contributed by atoms with Gasteiger partial charge in [0.1, 0.15) is 17.7 Å². The number of benzene rings is 1. The van der Waals surface area contributed by atoms with E-state index in [9.17, 15) is 14.0 Å². The molecule has 5 nitrogen and oxygen atoms in total. The van der Waals surface area contributed by atoms with Crippen LogP contribution in [0, 0.1) is 11.2 Å². The van der Waals surface area contributed by atoms with E-state index in [2.05, 4.69) is 23.6 Å². The van der Waals surface area contributed by atoms with Gasteiger partial charge >= 0.3 is 5.97 Å². The van der Waals surface area contributed by atoms with Crippen molar-refractivity contribution < 1.29 is 18.7 Å². The lowest BCUT2D eigenvalue weighted by atomic mass is 9.76. The van der Waals surface area contributed by atoms with Gasteiger partial charge in [-0.15, -0.1) is 0 Å². The quantitative estimate of drug-likeness (QED) is 0.485. The summed E-state index contributed by atoms with van der Waals surface area (Å²) in [5.41, 5.74) is 0.863. The van der Waals surface area contributed by atoms with Crippen LogP contribution < -0.4 is 4.90 Å². The lowest BCUT2D eigenvalue weighted by molar-refractivity contribution is -0.149. The summed E-state index contributed by atoms with van der Waals surface area (Å²) in [6.07, 6.45) is 7.11. The number of hydrogen-bond acceptors (Lipinski definition) is 5. The minimum atomic E-state index is -0.225. The Balaban J connectivity index is 0.000000837. The molecule has 1 aromatic carbocycles. The molecular weight excluding hydrogens is 407 g/mol. The molecule has 3 rings (SSSR count). The maximum atomic E-state index is 13.1. The Morgan fingerprint density at radius 1 is 1.06 bits per heavy atom. The van der Waals surface area contributed by atoms with Gasteiger partial charge in [-0.2, -0.15) is 0 Å². The molecule has 0 aliphatic carbocycles. The van der Waals surface area contributed by atoms with Crippen LogP contribution in [0.4, 0.5) is 10.1 Å². The summed E-state index contributed by atoms with van der Waals surface area (Å²) in [4.78, 5) is 26.8. The third-order valence-corrected chi connectivity index (χ3v) is 6.39. The molecular formula is C26H41FN2O3. The number of carbonyl (C=O) groups excluding carboxylic acids is 2. The molecule has 0 N–H and O–H groups in total. The summed E-state index contributed by atoms with van der Waals surface area (Å²) in [5.74, 6) is 0.0283. The van der Waals surface area contributed by atoms with Crippen molar-refractivity contribution in [1.29, 1.82) is 0 Å². The molecule has 2 aliphatic rings. The highest BCUT2D eigenvalue weighted by Gasteiger charge is 2.47. The normalized spacial score (nSPS) is 23.5. The van der Waals surface area contributed by atoms with Gasteiger partial charge in [-0.05, 0) is 57.4 Å². The molecule has 0 aromatic heterocycles. The first-order valence-electron chi connectivity index (χ1n) is 12.2. The van der Waals surface area contributed by atoms with Crippen molar-refractivity contribution in [2.75, 3.05) is 37.6 Å². The van der Waals surface area contributed by atoms with Crippen LogP contribution in [0.3, 0.4) is 0 Å². The molecule has 2 aliphatic heterocycles. The predicted octanol–water partition coefficient (Wildman–Crippen LogP) is 5.23. The summed E-state index contributed by atoms with van der Waals surface area (Å²) in [7, 11) is 0. The van der Waals surface area contributed by atoms with Gasteiger partial charge in [0.15, 0.2) is 0 Å². The molecule has 6 heteroatoms. The minimum absolute atomic E-state index is 0.0499. The van der Waals surface area contributed by atoms with Gasteiger partial charge in [0.25, 0.3) is 0 Å². The first-order valence-corrected chi connectivity index (χ1v) is 12.2. The molecule has 2 heterocycles. The maximum absolute atomic E-state index is 13.1. The van der Waals surface area contributed by atoms with Crippen LogP contribution in [-0.4, -0.2) is 55.5 Å². The third kappa shape index (κ3) is 7.88. The van der Waals surface area contributed by atoms with E-state index in [-0.39, 0.29) is 29.1 Å². The molecule has 2 saturated heterocycles. The highest BCUT2D eigenvalue weighted by molar-refractivity contribution is 5.79. The van der Waals surface area contributed by atoms with E-state index in [0.717, 1.165) is 83.4 Å². The van der Waals surface area contributed by atoms with E-state index in [1.165, 1.54) is 26.0 Å². The van der Waals surface area contributed by atoms with E-state index in [0.29, 0.717) is 0 Å². The Hall–Kier alpha value is -1.95. The highest BCUT2D eigenvalue weighted by Crippen LogP contribution is 2.43. The van der Waals surface area contributed by atoms with Crippen LogP contribution in [0.2, 0.25) is 0 Å². The first-order chi connectivity index (χ1) is 15.3. The fourth-order valence-corrected chi connectivity index (χ4v) is 4.73. The van der Waals surface area contributed by atoms with Crippen molar-refractivity contribution in [3.05, 3.63) is 30.1 Å². The smallest absolute Gasteiger partial charge is 0.312 e. The fraction of sp³-hybridized carbons (Fsp3) is 0.692. The number of cyclic esters (lactones) is 1. The van der Waals surface area contributed by atoms with Gasteiger partial charge < -0.3 is 14.4 Å². The van der Waals surface area contributed by atoms with Gasteiger partial charge in [0.05, 0.1) is 5.41 Å². The topological polar surface area (TPSA) is 49.9 Å². The number of esters is 1. The minimum Gasteiger partial charge on any atom is -0.462 e. The second kappa shape index (κ2) is 12.9. The Kier molecular flexibility index (Phi) is 10.6. The van der Waals surface area contributed by atoms with Gasteiger partial charge in [0, 0.05) is 44.8 Å². The molecule has 0 radical (unpaired) electrons. The fourth-order valence-electron chi connectivity index (χ4n) is 4.73. The van der Waals surface area contributed by atoms with Gasteiger partial charge in [-0.1, -0.05) is 33.1 Å². The lowest BCUT2D eigenvalue weighted by Crippen LogP contribution is -2.47. The van der Waals surface area contributed by atoms with Crippen molar-refractivity contribution in [3.63, 3.8) is 0 Å². The van der Waals surface area contributed by atoms with Crippen LogP contribution in [0.1, 0.15) is 72.6 Å². The number of ether oxygens (including phenoxy) is 1. The number of carbonyl (C=O) groups is 2. The van der Waals surface area contributed by atoms with Crippen molar-refractivity contribution >= 4 is 17.4 Å². The number of piperazine rings is 1. The molecule has 1 unspecified atom stereocenters. The van der Waals surface area contributed by atoms with Crippen LogP contribution in [0.5, 0.6) is 0 Å². The first kappa shape index (κ1) is 26.3. The molecule has 32 heavy (non-hydrogen) atoms. The van der Waals surface area contributed by atoms with Crippen molar-refractivity contribution in [1.82, 2.24) is 4.90 Å². The Morgan fingerprint density at radius 2 is 1.69 bits per heavy atom. The molecule has 0 saturated carbocycles.